The van der Waals surface area contributed by atoms with E-state index >= 15 is 0 Å². The van der Waals surface area contributed by atoms with E-state index in [0.717, 1.165) is 51.7 Å². The van der Waals surface area contributed by atoms with Gasteiger partial charge in [0.2, 0.25) is 0 Å². The van der Waals surface area contributed by atoms with Gasteiger partial charge < -0.3 is 20.1 Å². The van der Waals surface area contributed by atoms with Crippen LogP contribution in [0.3, 0.4) is 0 Å². The number of guanidine groups is 1. The predicted molar refractivity (Wildman–Crippen MR) is 82.7 cm³/mol. The van der Waals surface area contributed by atoms with Gasteiger partial charge in [0.1, 0.15) is 0 Å². The van der Waals surface area contributed by atoms with E-state index in [0.29, 0.717) is 12.0 Å². The van der Waals surface area contributed by atoms with Crippen molar-refractivity contribution in [2.45, 2.75) is 25.4 Å². The minimum absolute atomic E-state index is 0. The molecule has 0 spiro atoms. The summed E-state index contributed by atoms with van der Waals surface area (Å²) in [6.45, 7) is 4.45. The van der Waals surface area contributed by atoms with Crippen LogP contribution in [0, 0.1) is 5.92 Å². The van der Waals surface area contributed by atoms with Crippen molar-refractivity contribution in [3.63, 3.8) is 0 Å². The van der Waals surface area contributed by atoms with E-state index in [9.17, 15) is 0 Å². The van der Waals surface area contributed by atoms with Crippen molar-refractivity contribution in [2.24, 2.45) is 10.9 Å². The Bertz CT molecular complexity index is 230. The highest BCUT2D eigenvalue weighted by Gasteiger charge is 2.17. The number of halogens is 1. The first-order valence-electron chi connectivity index (χ1n) is 6.52. The molecule has 0 saturated carbocycles. The number of aliphatic imine (C=N–C) groups is 1. The summed E-state index contributed by atoms with van der Waals surface area (Å²) in [5.74, 6) is 1.49. The molecule has 0 bridgehead atoms. The monoisotopic (exact) mass is 369 g/mol. The first-order valence-corrected chi connectivity index (χ1v) is 6.52. The van der Waals surface area contributed by atoms with Gasteiger partial charge in [-0.25, -0.2) is 0 Å². The largest absolute Gasteiger partial charge is 0.381 e. The molecule has 2 heterocycles. The Hall–Kier alpha value is -0.0800. The van der Waals surface area contributed by atoms with Crippen molar-refractivity contribution < 1.29 is 9.47 Å². The summed E-state index contributed by atoms with van der Waals surface area (Å²) < 4.78 is 10.9. The van der Waals surface area contributed by atoms with Crippen LogP contribution in [-0.4, -0.2) is 52.0 Å². The molecule has 5 nitrogen and oxygen atoms in total. The molecule has 0 radical (unpaired) electrons. The van der Waals surface area contributed by atoms with E-state index in [1.165, 1.54) is 6.42 Å². The highest BCUT2D eigenvalue weighted by Crippen LogP contribution is 2.11. The van der Waals surface area contributed by atoms with E-state index in [2.05, 4.69) is 15.6 Å². The van der Waals surface area contributed by atoms with Gasteiger partial charge in [-0.2, -0.15) is 0 Å². The van der Waals surface area contributed by atoms with Crippen LogP contribution in [0.25, 0.3) is 0 Å². The number of rotatable bonds is 4. The van der Waals surface area contributed by atoms with E-state index in [1.807, 2.05) is 0 Å². The third-order valence-electron chi connectivity index (χ3n) is 3.33. The van der Waals surface area contributed by atoms with Crippen LogP contribution in [0.1, 0.15) is 19.3 Å². The molecule has 0 aliphatic carbocycles. The van der Waals surface area contributed by atoms with Gasteiger partial charge in [-0.05, 0) is 19.3 Å². The van der Waals surface area contributed by atoms with E-state index in [4.69, 9.17) is 9.47 Å². The second-order valence-electron chi connectivity index (χ2n) is 4.70. The summed E-state index contributed by atoms with van der Waals surface area (Å²) in [6, 6.07) is 0. The van der Waals surface area contributed by atoms with Crippen LogP contribution >= 0.6 is 24.0 Å². The molecular weight excluding hydrogens is 345 g/mol. The van der Waals surface area contributed by atoms with Crippen LogP contribution in [0.15, 0.2) is 4.99 Å². The highest BCUT2D eigenvalue weighted by atomic mass is 127. The zero-order valence-electron chi connectivity index (χ0n) is 11.0. The molecule has 18 heavy (non-hydrogen) atoms. The van der Waals surface area contributed by atoms with Crippen LogP contribution in [0.4, 0.5) is 0 Å². The summed E-state index contributed by atoms with van der Waals surface area (Å²) in [5.41, 5.74) is 0. The average Bonchev–Trinajstić information content (AvgIpc) is 3.02. The minimum Gasteiger partial charge on any atom is -0.381 e. The maximum absolute atomic E-state index is 5.56. The van der Waals surface area contributed by atoms with Crippen molar-refractivity contribution in [3.05, 3.63) is 0 Å². The van der Waals surface area contributed by atoms with Crippen LogP contribution in [0.5, 0.6) is 0 Å². The summed E-state index contributed by atoms with van der Waals surface area (Å²) in [6.07, 6.45) is 3.83. The smallest absolute Gasteiger partial charge is 0.191 e. The number of ether oxygens (including phenoxy) is 2. The minimum atomic E-state index is 0. The van der Waals surface area contributed by atoms with Gasteiger partial charge in [0, 0.05) is 39.3 Å². The Morgan fingerprint density at radius 1 is 1.22 bits per heavy atom. The lowest BCUT2D eigenvalue weighted by Gasteiger charge is -2.16. The third kappa shape index (κ3) is 5.27. The Morgan fingerprint density at radius 2 is 2.06 bits per heavy atom. The number of hydrogen-bond donors (Lipinski definition) is 2. The SMILES string of the molecule is CN=C(NCC1CCOC1)NCC1CCCO1.I. The molecule has 2 N–H and O–H groups in total. The van der Waals surface area contributed by atoms with Gasteiger partial charge in [-0.1, -0.05) is 0 Å². The van der Waals surface area contributed by atoms with Crippen molar-refractivity contribution in [1.82, 2.24) is 10.6 Å². The second-order valence-corrected chi connectivity index (χ2v) is 4.70. The molecule has 0 aromatic rings. The average molecular weight is 369 g/mol. The lowest BCUT2D eigenvalue weighted by Crippen LogP contribution is -2.42. The fraction of sp³-hybridized carbons (Fsp3) is 0.917. The molecule has 0 aromatic carbocycles. The van der Waals surface area contributed by atoms with Gasteiger partial charge >= 0.3 is 0 Å². The zero-order valence-corrected chi connectivity index (χ0v) is 13.3. The van der Waals surface area contributed by atoms with Gasteiger partial charge in [-0.15, -0.1) is 24.0 Å². The second kappa shape index (κ2) is 8.92. The lowest BCUT2D eigenvalue weighted by molar-refractivity contribution is 0.113. The fourth-order valence-electron chi connectivity index (χ4n) is 2.22. The van der Waals surface area contributed by atoms with E-state index in [1.54, 1.807) is 7.05 Å². The molecule has 0 amide bonds. The Labute approximate surface area is 126 Å². The first-order chi connectivity index (χ1) is 8.38. The van der Waals surface area contributed by atoms with Gasteiger partial charge in [0.15, 0.2) is 5.96 Å². The Kier molecular flexibility index (Phi) is 7.92. The summed E-state index contributed by atoms with van der Waals surface area (Å²) in [7, 11) is 1.80. The Morgan fingerprint density at radius 3 is 2.67 bits per heavy atom. The molecule has 6 heteroatoms. The summed E-state index contributed by atoms with van der Waals surface area (Å²) in [5, 5.41) is 6.65. The van der Waals surface area contributed by atoms with Gasteiger partial charge in [-0.3, -0.25) is 4.99 Å². The van der Waals surface area contributed by atoms with Crippen LogP contribution in [-0.2, 0) is 9.47 Å². The zero-order chi connectivity index (χ0) is 11.9. The van der Waals surface area contributed by atoms with Crippen LogP contribution in [0.2, 0.25) is 0 Å². The maximum atomic E-state index is 5.56. The number of hydrogen-bond acceptors (Lipinski definition) is 3. The molecule has 2 aliphatic rings. The normalized spacial score (nSPS) is 27.9. The van der Waals surface area contributed by atoms with Crippen molar-refractivity contribution >= 4 is 29.9 Å². The standard InChI is InChI=1S/C12H23N3O2.HI/c1-13-12(14-7-10-4-6-16-9-10)15-8-11-3-2-5-17-11;/h10-11H,2-9H2,1H3,(H2,13,14,15);1H. The topological polar surface area (TPSA) is 54.9 Å². The molecule has 2 atom stereocenters. The van der Waals surface area contributed by atoms with E-state index < -0.39 is 0 Å². The van der Waals surface area contributed by atoms with Crippen LogP contribution < -0.4 is 10.6 Å². The molecular formula is C12H24IN3O2. The molecule has 0 aromatic heterocycles. The summed E-state index contributed by atoms with van der Waals surface area (Å²) >= 11 is 0. The van der Waals surface area contributed by atoms with Crippen molar-refractivity contribution in [1.29, 1.82) is 0 Å². The predicted octanol–water partition coefficient (Wildman–Crippen LogP) is 0.985. The number of nitrogens with zero attached hydrogens (tertiary/aromatic N) is 1. The quantitative estimate of drug-likeness (QED) is 0.441. The van der Waals surface area contributed by atoms with E-state index in [-0.39, 0.29) is 24.0 Å². The molecule has 2 unspecified atom stereocenters. The lowest BCUT2D eigenvalue weighted by atomic mass is 10.1. The van der Waals surface area contributed by atoms with Gasteiger partial charge in [0.05, 0.1) is 12.7 Å². The maximum Gasteiger partial charge on any atom is 0.191 e. The summed E-state index contributed by atoms with van der Waals surface area (Å²) in [4.78, 5) is 4.21. The highest BCUT2D eigenvalue weighted by molar-refractivity contribution is 14.0. The van der Waals surface area contributed by atoms with Gasteiger partial charge in [0.25, 0.3) is 0 Å². The van der Waals surface area contributed by atoms with Crippen molar-refractivity contribution in [3.8, 4) is 0 Å². The molecule has 106 valence electrons. The molecule has 2 rings (SSSR count). The third-order valence-corrected chi connectivity index (χ3v) is 3.33. The molecule has 2 fully saturated rings. The number of nitrogens with one attached hydrogen (secondary N) is 2. The molecule has 2 saturated heterocycles. The van der Waals surface area contributed by atoms with Crippen molar-refractivity contribution in [2.75, 3.05) is 40.0 Å². The Balaban J connectivity index is 0.00000162. The fourth-order valence-corrected chi connectivity index (χ4v) is 2.22. The molecule has 2 aliphatic heterocycles. The first kappa shape index (κ1) is 16.0.